The summed E-state index contributed by atoms with van der Waals surface area (Å²) in [6.45, 7) is 3.99. The highest BCUT2D eigenvalue weighted by Crippen LogP contribution is 2.11. The third-order valence-electron chi connectivity index (χ3n) is 2.73. The van der Waals surface area contributed by atoms with Crippen LogP contribution in [0.15, 0.2) is 18.2 Å². The van der Waals surface area contributed by atoms with E-state index in [-0.39, 0.29) is 18.0 Å². The van der Waals surface area contributed by atoms with E-state index in [0.717, 1.165) is 6.07 Å². The van der Waals surface area contributed by atoms with Gasteiger partial charge in [-0.05, 0) is 24.5 Å². The molecule has 19 heavy (non-hydrogen) atoms. The topological polar surface area (TPSA) is 73.1 Å². The average Bonchev–Trinajstić information content (AvgIpc) is 2.34. The molecule has 0 aromatic heterocycles. The lowest BCUT2D eigenvalue weighted by atomic mass is 10.0. The summed E-state index contributed by atoms with van der Waals surface area (Å²) >= 11 is 0. The lowest BCUT2D eigenvalue weighted by Crippen LogP contribution is -2.37. The smallest absolute Gasteiger partial charge is 0.320 e. The molecule has 0 fully saturated rings. The molecule has 0 spiro atoms. The fourth-order valence-corrected chi connectivity index (χ4v) is 1.74. The van der Waals surface area contributed by atoms with Gasteiger partial charge in [0.05, 0.1) is 11.6 Å². The second-order valence-electron chi connectivity index (χ2n) is 4.82. The number of nitrogens with one attached hydrogen (secondary N) is 1. The molecule has 0 amide bonds. The third kappa shape index (κ3) is 4.68. The van der Waals surface area contributed by atoms with Gasteiger partial charge in [-0.2, -0.15) is 5.26 Å². The minimum Gasteiger partial charge on any atom is -0.480 e. The van der Waals surface area contributed by atoms with Crippen LogP contribution in [-0.2, 0) is 11.3 Å². The zero-order valence-corrected chi connectivity index (χ0v) is 11.0. The Morgan fingerprint density at radius 3 is 2.68 bits per heavy atom. The van der Waals surface area contributed by atoms with Crippen molar-refractivity contribution in [3.8, 4) is 6.07 Å². The fraction of sp³-hybridized carbons (Fsp3) is 0.429. The van der Waals surface area contributed by atoms with Crippen LogP contribution >= 0.6 is 0 Å². The largest absolute Gasteiger partial charge is 0.480 e. The summed E-state index contributed by atoms with van der Waals surface area (Å²) in [5.41, 5.74) is 0.604. The van der Waals surface area contributed by atoms with E-state index in [1.54, 1.807) is 0 Å². The number of nitrogens with zero attached hydrogens (tertiary/aromatic N) is 1. The number of carboxylic acids is 1. The van der Waals surface area contributed by atoms with Gasteiger partial charge in [0.1, 0.15) is 11.9 Å². The Morgan fingerprint density at radius 1 is 1.53 bits per heavy atom. The van der Waals surface area contributed by atoms with Crippen LogP contribution in [0, 0.1) is 23.1 Å². The number of nitriles is 1. The van der Waals surface area contributed by atoms with Crippen LogP contribution in [0.2, 0.25) is 0 Å². The minimum absolute atomic E-state index is 0.126. The predicted molar refractivity (Wildman–Crippen MR) is 68.8 cm³/mol. The maximum atomic E-state index is 13.6. The molecule has 1 aromatic rings. The minimum atomic E-state index is -0.942. The molecule has 0 aliphatic heterocycles. The summed E-state index contributed by atoms with van der Waals surface area (Å²) in [4.78, 5) is 11.0. The second kappa shape index (κ2) is 6.86. The van der Waals surface area contributed by atoms with Crippen LogP contribution in [0.4, 0.5) is 4.39 Å². The molecule has 0 saturated heterocycles. The molecule has 0 aliphatic rings. The van der Waals surface area contributed by atoms with Crippen LogP contribution in [0.1, 0.15) is 31.4 Å². The zero-order valence-electron chi connectivity index (χ0n) is 11.0. The fourth-order valence-electron chi connectivity index (χ4n) is 1.74. The van der Waals surface area contributed by atoms with E-state index in [4.69, 9.17) is 10.4 Å². The van der Waals surface area contributed by atoms with Crippen molar-refractivity contribution in [1.82, 2.24) is 5.32 Å². The van der Waals surface area contributed by atoms with E-state index in [9.17, 15) is 9.18 Å². The van der Waals surface area contributed by atoms with Gasteiger partial charge in [-0.25, -0.2) is 4.39 Å². The van der Waals surface area contributed by atoms with E-state index in [2.05, 4.69) is 5.32 Å². The van der Waals surface area contributed by atoms with Crippen molar-refractivity contribution in [3.05, 3.63) is 35.1 Å². The Bertz CT molecular complexity index is 495. The number of aliphatic carboxylic acids is 1. The van der Waals surface area contributed by atoms with Gasteiger partial charge in [-0.3, -0.25) is 4.79 Å². The molecule has 0 aliphatic carbocycles. The highest BCUT2D eigenvalue weighted by molar-refractivity contribution is 5.73. The highest BCUT2D eigenvalue weighted by Gasteiger charge is 2.18. The van der Waals surface area contributed by atoms with Gasteiger partial charge in [0.25, 0.3) is 0 Å². The Labute approximate surface area is 111 Å². The van der Waals surface area contributed by atoms with Gasteiger partial charge in [0, 0.05) is 12.1 Å². The molecular formula is C14H17FN2O2. The Hall–Kier alpha value is -1.93. The lowest BCUT2D eigenvalue weighted by Gasteiger charge is -2.16. The zero-order chi connectivity index (χ0) is 14.4. The normalized spacial score (nSPS) is 12.2. The van der Waals surface area contributed by atoms with Crippen molar-refractivity contribution in [2.24, 2.45) is 5.92 Å². The maximum absolute atomic E-state index is 13.6. The number of rotatable bonds is 6. The van der Waals surface area contributed by atoms with E-state index in [1.807, 2.05) is 19.9 Å². The predicted octanol–water partition coefficient (Wildman–Crippen LogP) is 2.29. The van der Waals surface area contributed by atoms with Crippen LogP contribution < -0.4 is 5.32 Å². The molecule has 1 unspecified atom stereocenters. The first kappa shape index (κ1) is 15.1. The maximum Gasteiger partial charge on any atom is 0.320 e. The Morgan fingerprint density at radius 2 is 2.21 bits per heavy atom. The van der Waals surface area contributed by atoms with Crippen LogP contribution in [0.25, 0.3) is 0 Å². The first-order valence-electron chi connectivity index (χ1n) is 6.08. The second-order valence-corrected chi connectivity index (χ2v) is 4.82. The molecule has 102 valence electrons. The molecule has 1 rings (SSSR count). The van der Waals surface area contributed by atoms with Crippen LogP contribution in [-0.4, -0.2) is 17.1 Å². The van der Waals surface area contributed by atoms with Crippen molar-refractivity contribution < 1.29 is 14.3 Å². The van der Waals surface area contributed by atoms with Crippen molar-refractivity contribution in [2.75, 3.05) is 0 Å². The first-order valence-corrected chi connectivity index (χ1v) is 6.08. The Balaban J connectivity index is 2.69. The lowest BCUT2D eigenvalue weighted by molar-refractivity contribution is -0.140. The van der Waals surface area contributed by atoms with Crippen LogP contribution in [0.3, 0.4) is 0 Å². The van der Waals surface area contributed by atoms with Gasteiger partial charge in [-0.15, -0.1) is 0 Å². The third-order valence-corrected chi connectivity index (χ3v) is 2.73. The molecule has 1 aromatic carbocycles. The Kier molecular flexibility index (Phi) is 5.46. The molecule has 2 N–H and O–H groups in total. The summed E-state index contributed by atoms with van der Waals surface area (Å²) < 4.78 is 13.6. The molecule has 0 bridgehead atoms. The molecular weight excluding hydrogens is 247 g/mol. The number of benzene rings is 1. The molecule has 5 heteroatoms. The van der Waals surface area contributed by atoms with Crippen molar-refractivity contribution >= 4 is 5.97 Å². The number of carboxylic acid groups (broad SMARTS) is 1. The van der Waals surface area contributed by atoms with Gasteiger partial charge in [0.15, 0.2) is 0 Å². The van der Waals surface area contributed by atoms with E-state index < -0.39 is 17.8 Å². The van der Waals surface area contributed by atoms with E-state index in [0.29, 0.717) is 12.0 Å². The summed E-state index contributed by atoms with van der Waals surface area (Å²) in [6.07, 6.45) is 0.479. The molecule has 0 radical (unpaired) electrons. The summed E-state index contributed by atoms with van der Waals surface area (Å²) in [5.74, 6) is -1.21. The van der Waals surface area contributed by atoms with Gasteiger partial charge >= 0.3 is 5.97 Å². The number of hydrogen-bond donors (Lipinski definition) is 2. The average molecular weight is 264 g/mol. The highest BCUT2D eigenvalue weighted by atomic mass is 19.1. The molecule has 4 nitrogen and oxygen atoms in total. The summed E-state index contributed by atoms with van der Waals surface area (Å²) in [7, 11) is 0. The first-order chi connectivity index (χ1) is 8.93. The van der Waals surface area contributed by atoms with Crippen LogP contribution in [0.5, 0.6) is 0 Å². The summed E-state index contributed by atoms with van der Waals surface area (Å²) in [6, 6.07) is 5.31. The van der Waals surface area contributed by atoms with E-state index >= 15 is 0 Å². The standard InChI is InChI=1S/C14H17FN2O2/c1-9(2)5-13(14(18)19)17-8-11-4-3-10(7-16)6-12(11)15/h3-4,6,9,13,17H,5,8H2,1-2H3,(H,18,19). The van der Waals surface area contributed by atoms with Gasteiger partial charge in [0.2, 0.25) is 0 Å². The summed E-state index contributed by atoms with van der Waals surface area (Å²) in [5, 5.41) is 20.5. The van der Waals surface area contributed by atoms with Gasteiger partial charge in [-0.1, -0.05) is 19.9 Å². The molecule has 0 heterocycles. The molecule has 1 atom stereocenters. The molecule has 0 saturated carbocycles. The number of halogens is 1. The van der Waals surface area contributed by atoms with Crippen molar-refractivity contribution in [3.63, 3.8) is 0 Å². The van der Waals surface area contributed by atoms with Crippen molar-refractivity contribution in [1.29, 1.82) is 5.26 Å². The quantitative estimate of drug-likeness (QED) is 0.826. The number of carbonyl (C=O) groups is 1. The SMILES string of the molecule is CC(C)CC(NCc1ccc(C#N)cc1F)C(=O)O. The monoisotopic (exact) mass is 264 g/mol. The van der Waals surface area contributed by atoms with Crippen molar-refractivity contribution in [2.45, 2.75) is 32.9 Å². The van der Waals surface area contributed by atoms with E-state index in [1.165, 1.54) is 12.1 Å². The van der Waals surface area contributed by atoms with Gasteiger partial charge < -0.3 is 10.4 Å². The number of hydrogen-bond acceptors (Lipinski definition) is 3.